The van der Waals surface area contributed by atoms with Gasteiger partial charge in [0.15, 0.2) is 0 Å². The molecule has 0 aromatic carbocycles. The first kappa shape index (κ1) is 14.2. The molecule has 5 heteroatoms. The molecule has 16 heavy (non-hydrogen) atoms. The first-order valence-electron chi connectivity index (χ1n) is 5.85. The van der Waals surface area contributed by atoms with E-state index in [9.17, 15) is 0 Å². The standard InChI is InChI=1S/C11H22N2O2.ClH/c1-11(2)9-15-10(12-11)3-4-13-5-7-14-8-6-13;/h10,12H,3-9H2,1-2H3;1H. The Morgan fingerprint density at radius 1 is 1.31 bits per heavy atom. The molecule has 2 fully saturated rings. The zero-order chi connectivity index (χ0) is 10.7. The first-order valence-corrected chi connectivity index (χ1v) is 5.85. The van der Waals surface area contributed by atoms with Gasteiger partial charge < -0.3 is 9.47 Å². The molecule has 96 valence electrons. The maximum absolute atomic E-state index is 5.69. The minimum Gasteiger partial charge on any atom is -0.379 e. The molecule has 2 heterocycles. The number of nitrogens with one attached hydrogen (secondary N) is 1. The molecule has 0 spiro atoms. The highest BCUT2D eigenvalue weighted by Gasteiger charge is 2.30. The number of rotatable bonds is 3. The smallest absolute Gasteiger partial charge is 0.109 e. The Kier molecular flexibility index (Phi) is 5.47. The van der Waals surface area contributed by atoms with Gasteiger partial charge in [0.1, 0.15) is 6.23 Å². The molecule has 1 N–H and O–H groups in total. The van der Waals surface area contributed by atoms with Crippen LogP contribution in [0.1, 0.15) is 20.3 Å². The molecule has 0 radical (unpaired) electrons. The number of hydrogen-bond donors (Lipinski definition) is 1. The molecule has 1 atom stereocenters. The van der Waals surface area contributed by atoms with Gasteiger partial charge in [-0.15, -0.1) is 12.4 Å². The Labute approximate surface area is 104 Å². The largest absolute Gasteiger partial charge is 0.379 e. The average molecular weight is 251 g/mol. The molecule has 0 aromatic rings. The van der Waals surface area contributed by atoms with Crippen LogP contribution in [0.15, 0.2) is 0 Å². The normalized spacial score (nSPS) is 30.0. The summed E-state index contributed by atoms with van der Waals surface area (Å²) in [4.78, 5) is 2.44. The van der Waals surface area contributed by atoms with E-state index in [-0.39, 0.29) is 24.2 Å². The summed E-state index contributed by atoms with van der Waals surface area (Å²) in [6, 6.07) is 0. The number of nitrogens with zero attached hydrogens (tertiary/aromatic N) is 1. The lowest BCUT2D eigenvalue weighted by atomic mass is 10.1. The van der Waals surface area contributed by atoms with Crippen molar-refractivity contribution in [3.8, 4) is 0 Å². The summed E-state index contributed by atoms with van der Waals surface area (Å²) in [5, 5.41) is 3.49. The van der Waals surface area contributed by atoms with E-state index < -0.39 is 0 Å². The molecule has 2 rings (SSSR count). The fraction of sp³-hybridized carbons (Fsp3) is 1.00. The van der Waals surface area contributed by atoms with Crippen LogP contribution in [0.25, 0.3) is 0 Å². The molecule has 0 amide bonds. The van der Waals surface area contributed by atoms with Crippen LogP contribution in [0.2, 0.25) is 0 Å². The Morgan fingerprint density at radius 3 is 2.56 bits per heavy atom. The Balaban J connectivity index is 0.00000128. The topological polar surface area (TPSA) is 33.7 Å². The van der Waals surface area contributed by atoms with E-state index in [0.717, 1.165) is 45.9 Å². The lowest BCUT2D eigenvalue weighted by Crippen LogP contribution is -2.42. The van der Waals surface area contributed by atoms with Crippen molar-refractivity contribution in [2.75, 3.05) is 39.5 Å². The fourth-order valence-electron chi connectivity index (χ4n) is 2.11. The Morgan fingerprint density at radius 2 is 2.00 bits per heavy atom. The summed E-state index contributed by atoms with van der Waals surface area (Å²) >= 11 is 0. The third kappa shape index (κ3) is 4.18. The molecule has 0 aromatic heterocycles. The van der Waals surface area contributed by atoms with Crippen molar-refractivity contribution in [2.45, 2.75) is 32.0 Å². The van der Waals surface area contributed by atoms with Gasteiger partial charge in [-0.3, -0.25) is 10.2 Å². The first-order chi connectivity index (χ1) is 7.16. The van der Waals surface area contributed by atoms with Gasteiger partial charge in [0.05, 0.1) is 19.8 Å². The maximum atomic E-state index is 5.69. The molecule has 2 aliphatic heterocycles. The summed E-state index contributed by atoms with van der Waals surface area (Å²) in [5.41, 5.74) is 0.148. The lowest BCUT2D eigenvalue weighted by Gasteiger charge is -2.27. The second kappa shape index (κ2) is 6.17. The molecule has 0 saturated carbocycles. The molecule has 1 unspecified atom stereocenters. The van der Waals surface area contributed by atoms with E-state index in [1.165, 1.54) is 0 Å². The van der Waals surface area contributed by atoms with E-state index in [0.29, 0.717) is 0 Å². The predicted octanol–water partition coefficient (Wildman–Crippen LogP) is 0.855. The molecule has 0 bridgehead atoms. The summed E-state index contributed by atoms with van der Waals surface area (Å²) in [6.07, 6.45) is 1.31. The highest BCUT2D eigenvalue weighted by molar-refractivity contribution is 5.85. The average Bonchev–Trinajstić information content (AvgIpc) is 2.57. The predicted molar refractivity (Wildman–Crippen MR) is 66.1 cm³/mol. The van der Waals surface area contributed by atoms with Crippen molar-refractivity contribution < 1.29 is 9.47 Å². The third-order valence-corrected chi connectivity index (χ3v) is 3.01. The lowest BCUT2D eigenvalue weighted by molar-refractivity contribution is 0.0244. The number of ether oxygens (including phenoxy) is 2. The van der Waals surface area contributed by atoms with Crippen molar-refractivity contribution in [2.24, 2.45) is 0 Å². The van der Waals surface area contributed by atoms with Gasteiger partial charge in [-0.25, -0.2) is 0 Å². The minimum absolute atomic E-state index is 0. The van der Waals surface area contributed by atoms with Gasteiger partial charge in [-0.2, -0.15) is 0 Å². The highest BCUT2D eigenvalue weighted by atomic mass is 35.5. The number of morpholine rings is 1. The zero-order valence-corrected chi connectivity index (χ0v) is 11.0. The SMILES string of the molecule is CC1(C)COC(CCN2CCOCC2)N1.Cl. The molecular formula is C11H23ClN2O2. The van der Waals surface area contributed by atoms with Gasteiger partial charge in [0.25, 0.3) is 0 Å². The van der Waals surface area contributed by atoms with E-state index in [2.05, 4.69) is 24.1 Å². The van der Waals surface area contributed by atoms with E-state index >= 15 is 0 Å². The molecule has 2 saturated heterocycles. The number of hydrogen-bond acceptors (Lipinski definition) is 4. The quantitative estimate of drug-likeness (QED) is 0.806. The second-order valence-electron chi connectivity index (χ2n) is 5.07. The summed E-state index contributed by atoms with van der Waals surface area (Å²) < 4.78 is 11.0. The van der Waals surface area contributed by atoms with E-state index in [1.807, 2.05) is 0 Å². The van der Waals surface area contributed by atoms with Crippen LogP contribution in [0, 0.1) is 0 Å². The third-order valence-electron chi connectivity index (χ3n) is 3.01. The highest BCUT2D eigenvalue weighted by Crippen LogP contribution is 2.16. The van der Waals surface area contributed by atoms with Crippen molar-refractivity contribution in [3.63, 3.8) is 0 Å². The summed E-state index contributed by atoms with van der Waals surface area (Å²) in [7, 11) is 0. The minimum atomic E-state index is 0. The summed E-state index contributed by atoms with van der Waals surface area (Å²) in [6.45, 7) is 10.2. The monoisotopic (exact) mass is 250 g/mol. The maximum Gasteiger partial charge on any atom is 0.109 e. The molecule has 4 nitrogen and oxygen atoms in total. The van der Waals surface area contributed by atoms with E-state index in [4.69, 9.17) is 9.47 Å². The van der Waals surface area contributed by atoms with Crippen LogP contribution < -0.4 is 5.32 Å². The van der Waals surface area contributed by atoms with Gasteiger partial charge in [-0.05, 0) is 20.3 Å². The number of halogens is 1. The van der Waals surface area contributed by atoms with Gasteiger partial charge in [0, 0.05) is 25.2 Å². The molecular weight excluding hydrogens is 228 g/mol. The Hall–Kier alpha value is 0.130. The molecule has 0 aliphatic carbocycles. The van der Waals surface area contributed by atoms with Crippen LogP contribution in [0.5, 0.6) is 0 Å². The van der Waals surface area contributed by atoms with Crippen molar-refractivity contribution in [1.29, 1.82) is 0 Å². The van der Waals surface area contributed by atoms with Crippen LogP contribution in [0.3, 0.4) is 0 Å². The van der Waals surface area contributed by atoms with Crippen LogP contribution in [-0.4, -0.2) is 56.1 Å². The molecule has 2 aliphatic rings. The van der Waals surface area contributed by atoms with Crippen molar-refractivity contribution in [1.82, 2.24) is 10.2 Å². The van der Waals surface area contributed by atoms with Crippen LogP contribution >= 0.6 is 12.4 Å². The zero-order valence-electron chi connectivity index (χ0n) is 10.2. The summed E-state index contributed by atoms with van der Waals surface area (Å²) in [5.74, 6) is 0. The fourth-order valence-corrected chi connectivity index (χ4v) is 2.11. The Bertz CT molecular complexity index is 208. The van der Waals surface area contributed by atoms with Crippen molar-refractivity contribution >= 4 is 12.4 Å². The van der Waals surface area contributed by atoms with Gasteiger partial charge >= 0.3 is 0 Å². The van der Waals surface area contributed by atoms with Gasteiger partial charge in [0.2, 0.25) is 0 Å². The van der Waals surface area contributed by atoms with Crippen LogP contribution in [-0.2, 0) is 9.47 Å². The second-order valence-corrected chi connectivity index (χ2v) is 5.07. The van der Waals surface area contributed by atoms with E-state index in [1.54, 1.807) is 0 Å². The van der Waals surface area contributed by atoms with Crippen molar-refractivity contribution in [3.05, 3.63) is 0 Å². The van der Waals surface area contributed by atoms with Gasteiger partial charge in [-0.1, -0.05) is 0 Å². The van der Waals surface area contributed by atoms with Crippen LogP contribution in [0.4, 0.5) is 0 Å².